The summed E-state index contributed by atoms with van der Waals surface area (Å²) in [6.45, 7) is 3.62. The molecule has 0 saturated carbocycles. The molecule has 4 unspecified atom stereocenters. The van der Waals surface area contributed by atoms with Crippen molar-refractivity contribution in [1.29, 1.82) is 0 Å². The van der Waals surface area contributed by atoms with Gasteiger partial charge in [0.05, 0.1) is 5.92 Å². The van der Waals surface area contributed by atoms with E-state index in [0.717, 1.165) is 6.29 Å². The van der Waals surface area contributed by atoms with Crippen LogP contribution in [-0.4, -0.2) is 29.4 Å². The molecule has 1 aliphatic rings. The first kappa shape index (κ1) is 9.19. The van der Waals surface area contributed by atoms with Crippen LogP contribution in [0.4, 0.5) is 0 Å². The van der Waals surface area contributed by atoms with Gasteiger partial charge in [0.2, 0.25) is 0 Å². The van der Waals surface area contributed by atoms with Crippen LogP contribution in [0.1, 0.15) is 13.8 Å². The van der Waals surface area contributed by atoms with E-state index in [2.05, 4.69) is 5.32 Å². The summed E-state index contributed by atoms with van der Waals surface area (Å²) in [5, 5.41) is 11.8. The summed E-state index contributed by atoms with van der Waals surface area (Å²) in [5.41, 5.74) is 0. The van der Waals surface area contributed by atoms with E-state index in [-0.39, 0.29) is 12.1 Å². The van der Waals surface area contributed by atoms with Gasteiger partial charge in [0.1, 0.15) is 6.29 Å². The van der Waals surface area contributed by atoms with Crippen molar-refractivity contribution in [3.05, 3.63) is 0 Å². The average molecular weight is 171 g/mol. The van der Waals surface area contributed by atoms with Gasteiger partial charge in [-0.15, -0.1) is 0 Å². The number of carbonyl (C=O) groups excluding carboxylic acids is 1. The summed E-state index contributed by atoms with van der Waals surface area (Å²) in [5.74, 6) is -1.86. The molecule has 4 heteroatoms. The van der Waals surface area contributed by atoms with Crippen molar-refractivity contribution < 1.29 is 14.7 Å². The highest BCUT2D eigenvalue weighted by molar-refractivity contribution is 5.77. The zero-order chi connectivity index (χ0) is 9.30. The number of hydrogen-bond acceptors (Lipinski definition) is 3. The van der Waals surface area contributed by atoms with Crippen LogP contribution in [0.2, 0.25) is 0 Å². The molecule has 1 aliphatic heterocycles. The fourth-order valence-electron chi connectivity index (χ4n) is 1.85. The molecule has 4 nitrogen and oxygen atoms in total. The van der Waals surface area contributed by atoms with Gasteiger partial charge < -0.3 is 15.2 Å². The zero-order valence-electron chi connectivity index (χ0n) is 7.15. The van der Waals surface area contributed by atoms with Crippen LogP contribution in [-0.2, 0) is 9.59 Å². The average Bonchev–Trinajstić information content (AvgIpc) is 2.24. The van der Waals surface area contributed by atoms with Crippen LogP contribution in [0.15, 0.2) is 0 Å². The first-order chi connectivity index (χ1) is 5.57. The van der Waals surface area contributed by atoms with Crippen LogP contribution in [0.5, 0.6) is 0 Å². The maximum absolute atomic E-state index is 10.7. The molecule has 4 atom stereocenters. The van der Waals surface area contributed by atoms with Gasteiger partial charge in [-0.1, -0.05) is 0 Å². The highest BCUT2D eigenvalue weighted by Gasteiger charge is 2.42. The number of carboxylic acids is 1. The molecule has 0 aromatic carbocycles. The van der Waals surface area contributed by atoms with Crippen LogP contribution < -0.4 is 5.32 Å². The van der Waals surface area contributed by atoms with Gasteiger partial charge in [0, 0.05) is 18.0 Å². The molecule has 1 saturated heterocycles. The van der Waals surface area contributed by atoms with Gasteiger partial charge >= 0.3 is 5.97 Å². The first-order valence-corrected chi connectivity index (χ1v) is 4.02. The van der Waals surface area contributed by atoms with Crippen LogP contribution in [0.3, 0.4) is 0 Å². The van der Waals surface area contributed by atoms with Gasteiger partial charge in [-0.3, -0.25) is 4.79 Å². The van der Waals surface area contributed by atoms with Crippen molar-refractivity contribution in [2.45, 2.75) is 25.9 Å². The lowest BCUT2D eigenvalue weighted by molar-refractivity contribution is -0.144. The summed E-state index contributed by atoms with van der Waals surface area (Å²) >= 11 is 0. The first-order valence-electron chi connectivity index (χ1n) is 4.02. The Labute approximate surface area is 71.0 Å². The molecular weight excluding hydrogens is 158 g/mol. The number of carbonyl (C=O) groups is 2. The number of rotatable bonds is 2. The Morgan fingerprint density at radius 1 is 1.42 bits per heavy atom. The number of aliphatic carboxylic acids is 1. The quantitative estimate of drug-likeness (QED) is 0.568. The Kier molecular flexibility index (Phi) is 2.47. The monoisotopic (exact) mass is 171 g/mol. The molecule has 0 spiro atoms. The van der Waals surface area contributed by atoms with Crippen LogP contribution >= 0.6 is 0 Å². The smallest absolute Gasteiger partial charge is 0.308 e. The molecule has 1 fully saturated rings. The number of aldehydes is 1. The number of hydrogen-bond donors (Lipinski definition) is 2. The van der Waals surface area contributed by atoms with Crippen LogP contribution in [0, 0.1) is 11.8 Å². The summed E-state index contributed by atoms with van der Waals surface area (Å²) in [6, 6.07) is -0.147. The van der Waals surface area contributed by atoms with Crippen molar-refractivity contribution in [2.75, 3.05) is 0 Å². The molecule has 0 aliphatic carbocycles. The van der Waals surface area contributed by atoms with Crippen LogP contribution in [0.25, 0.3) is 0 Å². The third kappa shape index (κ3) is 1.34. The van der Waals surface area contributed by atoms with Gasteiger partial charge in [-0.25, -0.2) is 0 Å². The van der Waals surface area contributed by atoms with Crippen molar-refractivity contribution in [3.8, 4) is 0 Å². The third-order valence-electron chi connectivity index (χ3n) is 2.50. The molecule has 0 aromatic rings. The fraction of sp³-hybridized carbons (Fsp3) is 0.750. The lowest BCUT2D eigenvalue weighted by atomic mass is 9.89. The lowest BCUT2D eigenvalue weighted by Gasteiger charge is -2.12. The van der Waals surface area contributed by atoms with E-state index in [4.69, 9.17) is 5.11 Å². The largest absolute Gasteiger partial charge is 0.481 e. The molecule has 68 valence electrons. The normalized spacial score (nSPS) is 41.2. The van der Waals surface area contributed by atoms with Gasteiger partial charge in [-0.2, -0.15) is 0 Å². The van der Waals surface area contributed by atoms with Crippen molar-refractivity contribution in [3.63, 3.8) is 0 Å². The van der Waals surface area contributed by atoms with Gasteiger partial charge in [0.15, 0.2) is 0 Å². The van der Waals surface area contributed by atoms with Crippen molar-refractivity contribution in [2.24, 2.45) is 11.8 Å². The van der Waals surface area contributed by atoms with E-state index < -0.39 is 17.8 Å². The molecule has 0 aromatic heterocycles. The Morgan fingerprint density at radius 3 is 2.33 bits per heavy atom. The second-order valence-corrected chi connectivity index (χ2v) is 3.32. The Bertz CT molecular complexity index is 204. The van der Waals surface area contributed by atoms with E-state index in [1.54, 1.807) is 6.92 Å². The molecule has 0 bridgehead atoms. The molecule has 0 radical (unpaired) electrons. The zero-order valence-corrected chi connectivity index (χ0v) is 7.15. The summed E-state index contributed by atoms with van der Waals surface area (Å²) in [7, 11) is 0. The highest BCUT2D eigenvalue weighted by atomic mass is 16.4. The minimum Gasteiger partial charge on any atom is -0.481 e. The summed E-state index contributed by atoms with van der Waals surface area (Å²) < 4.78 is 0. The Hall–Kier alpha value is -0.900. The number of nitrogens with one attached hydrogen (secondary N) is 1. The SMILES string of the molecule is CC1NC(C)C(C(=O)O)C1C=O. The van der Waals surface area contributed by atoms with E-state index in [0.29, 0.717) is 0 Å². The minimum absolute atomic E-state index is 0.0291. The number of carboxylic acid groups (broad SMARTS) is 1. The van der Waals surface area contributed by atoms with E-state index in [1.807, 2.05) is 6.92 Å². The molecule has 1 heterocycles. The predicted octanol–water partition coefficient (Wildman–Crippen LogP) is -0.118. The second-order valence-electron chi connectivity index (χ2n) is 3.32. The summed E-state index contributed by atoms with van der Waals surface area (Å²) in [6.07, 6.45) is 0.736. The standard InChI is InChI=1S/C8H13NO3/c1-4-6(3-10)7(8(11)12)5(2)9-4/h3-7,9H,1-2H3,(H,11,12). The van der Waals surface area contributed by atoms with E-state index in [1.165, 1.54) is 0 Å². The summed E-state index contributed by atoms with van der Waals surface area (Å²) in [4.78, 5) is 21.3. The van der Waals surface area contributed by atoms with Gasteiger partial charge in [-0.05, 0) is 13.8 Å². The molecular formula is C8H13NO3. The molecule has 0 amide bonds. The maximum Gasteiger partial charge on any atom is 0.308 e. The van der Waals surface area contributed by atoms with Crippen molar-refractivity contribution in [1.82, 2.24) is 5.32 Å². The Balaban J connectivity index is 2.81. The second kappa shape index (κ2) is 3.23. The maximum atomic E-state index is 10.7. The topological polar surface area (TPSA) is 66.4 Å². The lowest BCUT2D eigenvalue weighted by Crippen LogP contribution is -2.30. The minimum atomic E-state index is -0.892. The van der Waals surface area contributed by atoms with Gasteiger partial charge in [0.25, 0.3) is 0 Å². The predicted molar refractivity (Wildman–Crippen MR) is 42.7 cm³/mol. The van der Waals surface area contributed by atoms with E-state index in [9.17, 15) is 9.59 Å². The van der Waals surface area contributed by atoms with E-state index >= 15 is 0 Å². The highest BCUT2D eigenvalue weighted by Crippen LogP contribution is 2.25. The molecule has 1 rings (SSSR count). The van der Waals surface area contributed by atoms with Crippen molar-refractivity contribution >= 4 is 12.3 Å². The Morgan fingerprint density at radius 2 is 2.00 bits per heavy atom. The third-order valence-corrected chi connectivity index (χ3v) is 2.50. The molecule has 2 N–H and O–H groups in total. The fourth-order valence-corrected chi connectivity index (χ4v) is 1.85. The molecule has 12 heavy (non-hydrogen) atoms.